The van der Waals surface area contributed by atoms with Crippen molar-refractivity contribution in [3.8, 4) is 0 Å². The molecule has 0 bridgehead atoms. The number of nitrogens with one attached hydrogen (secondary N) is 2. The molecule has 0 radical (unpaired) electrons. The predicted molar refractivity (Wildman–Crippen MR) is 83.7 cm³/mol. The van der Waals surface area contributed by atoms with E-state index in [1.165, 1.54) is 12.8 Å². The van der Waals surface area contributed by atoms with Crippen LogP contribution in [0.25, 0.3) is 0 Å². The second-order valence-electron chi connectivity index (χ2n) is 6.09. The molecule has 0 saturated carbocycles. The first-order chi connectivity index (χ1) is 10.2. The van der Waals surface area contributed by atoms with Crippen molar-refractivity contribution in [1.29, 1.82) is 0 Å². The SMILES string of the molecule is Cc1c(NC(=O)[C@@H]2CCCCN2)c(N2CCCC2)nn1C. The van der Waals surface area contributed by atoms with Gasteiger partial charge in [0.25, 0.3) is 0 Å². The lowest BCUT2D eigenvalue weighted by Crippen LogP contribution is -2.43. The molecule has 1 aromatic rings. The minimum Gasteiger partial charge on any atom is -0.353 e. The number of carbonyl (C=O) groups is 1. The lowest BCUT2D eigenvalue weighted by Gasteiger charge is -2.23. The Kier molecular flexibility index (Phi) is 4.14. The van der Waals surface area contributed by atoms with Crippen LogP contribution in [0.1, 0.15) is 37.8 Å². The number of piperidine rings is 1. The summed E-state index contributed by atoms with van der Waals surface area (Å²) < 4.78 is 1.86. The molecule has 3 heterocycles. The molecule has 0 spiro atoms. The zero-order valence-corrected chi connectivity index (χ0v) is 13.0. The zero-order valence-electron chi connectivity index (χ0n) is 13.0. The average Bonchev–Trinajstić information content (AvgIpc) is 3.12. The van der Waals surface area contributed by atoms with Crippen molar-refractivity contribution < 1.29 is 4.79 Å². The largest absolute Gasteiger partial charge is 0.353 e. The number of rotatable bonds is 3. The van der Waals surface area contributed by atoms with E-state index >= 15 is 0 Å². The Bertz CT molecular complexity index is 512. The number of amides is 1. The van der Waals surface area contributed by atoms with Crippen molar-refractivity contribution in [2.24, 2.45) is 7.05 Å². The van der Waals surface area contributed by atoms with Crippen LogP contribution < -0.4 is 15.5 Å². The first-order valence-electron chi connectivity index (χ1n) is 7.99. The lowest BCUT2D eigenvalue weighted by atomic mass is 10.0. The molecule has 21 heavy (non-hydrogen) atoms. The van der Waals surface area contributed by atoms with E-state index in [2.05, 4.69) is 20.6 Å². The lowest BCUT2D eigenvalue weighted by molar-refractivity contribution is -0.118. The number of aromatic nitrogens is 2. The van der Waals surface area contributed by atoms with E-state index in [1.807, 2.05) is 18.7 Å². The predicted octanol–water partition coefficient (Wildman–Crippen LogP) is 1.41. The Morgan fingerprint density at radius 1 is 1.29 bits per heavy atom. The molecular formula is C15H25N5O. The van der Waals surface area contributed by atoms with Crippen molar-refractivity contribution >= 4 is 17.4 Å². The van der Waals surface area contributed by atoms with E-state index < -0.39 is 0 Å². The van der Waals surface area contributed by atoms with Crippen molar-refractivity contribution in [2.75, 3.05) is 29.9 Å². The topological polar surface area (TPSA) is 62.2 Å². The Hall–Kier alpha value is -1.56. The van der Waals surface area contributed by atoms with E-state index in [-0.39, 0.29) is 11.9 Å². The van der Waals surface area contributed by atoms with Crippen LogP contribution in [0.4, 0.5) is 11.5 Å². The zero-order chi connectivity index (χ0) is 14.8. The number of hydrogen-bond acceptors (Lipinski definition) is 4. The maximum atomic E-state index is 12.5. The molecule has 2 fully saturated rings. The molecule has 1 atom stereocenters. The standard InChI is InChI=1S/C15H25N5O/c1-11-13(17-15(21)12-7-3-4-8-16-12)14(18-19(11)2)20-9-5-6-10-20/h12,16H,3-10H2,1-2H3,(H,17,21)/t12-/m0/s1. The molecule has 2 aliphatic heterocycles. The Morgan fingerprint density at radius 2 is 2.05 bits per heavy atom. The van der Waals surface area contributed by atoms with Crippen LogP contribution >= 0.6 is 0 Å². The van der Waals surface area contributed by atoms with Gasteiger partial charge in [0.15, 0.2) is 5.82 Å². The summed E-state index contributed by atoms with van der Waals surface area (Å²) in [5.74, 6) is 1.00. The Morgan fingerprint density at radius 3 is 2.71 bits per heavy atom. The molecule has 2 N–H and O–H groups in total. The van der Waals surface area contributed by atoms with Gasteiger partial charge in [0.2, 0.25) is 5.91 Å². The monoisotopic (exact) mass is 291 g/mol. The fourth-order valence-corrected chi connectivity index (χ4v) is 3.17. The van der Waals surface area contributed by atoms with E-state index in [1.54, 1.807) is 0 Å². The van der Waals surface area contributed by atoms with Crippen LogP contribution in [-0.2, 0) is 11.8 Å². The van der Waals surface area contributed by atoms with Crippen molar-refractivity contribution in [1.82, 2.24) is 15.1 Å². The summed E-state index contributed by atoms with van der Waals surface area (Å²) in [5.41, 5.74) is 1.90. The van der Waals surface area contributed by atoms with Gasteiger partial charge in [-0.2, -0.15) is 5.10 Å². The normalized spacial score (nSPS) is 22.6. The minimum absolute atomic E-state index is 0.0650. The highest BCUT2D eigenvalue weighted by molar-refractivity contribution is 5.98. The highest BCUT2D eigenvalue weighted by atomic mass is 16.2. The summed E-state index contributed by atoms with van der Waals surface area (Å²) in [6.45, 7) is 5.00. The number of carbonyl (C=O) groups excluding carboxylic acids is 1. The Labute approximate surface area is 125 Å². The first kappa shape index (κ1) is 14.4. The second kappa shape index (κ2) is 6.05. The van der Waals surface area contributed by atoms with Gasteiger partial charge in [-0.05, 0) is 39.2 Å². The summed E-state index contributed by atoms with van der Waals surface area (Å²) in [5, 5.41) is 11.0. The third-order valence-electron chi connectivity index (χ3n) is 4.60. The Balaban J connectivity index is 1.78. The third-order valence-corrected chi connectivity index (χ3v) is 4.60. The first-order valence-corrected chi connectivity index (χ1v) is 7.99. The highest BCUT2D eigenvalue weighted by Gasteiger charge is 2.26. The van der Waals surface area contributed by atoms with E-state index in [9.17, 15) is 4.79 Å². The molecule has 6 nitrogen and oxygen atoms in total. The van der Waals surface area contributed by atoms with Gasteiger partial charge in [0.05, 0.1) is 11.7 Å². The van der Waals surface area contributed by atoms with Crippen molar-refractivity contribution in [2.45, 2.75) is 45.1 Å². The molecule has 0 aromatic carbocycles. The van der Waals surface area contributed by atoms with Crippen LogP contribution in [0.5, 0.6) is 0 Å². The molecule has 6 heteroatoms. The van der Waals surface area contributed by atoms with Gasteiger partial charge in [-0.25, -0.2) is 0 Å². The highest BCUT2D eigenvalue weighted by Crippen LogP contribution is 2.30. The summed E-state index contributed by atoms with van der Waals surface area (Å²) in [6, 6.07) is -0.0650. The van der Waals surface area contributed by atoms with Crippen LogP contribution in [0, 0.1) is 6.92 Å². The van der Waals surface area contributed by atoms with Gasteiger partial charge in [-0.15, -0.1) is 0 Å². The van der Waals surface area contributed by atoms with E-state index in [0.29, 0.717) is 0 Å². The molecule has 3 rings (SSSR count). The summed E-state index contributed by atoms with van der Waals surface area (Å²) in [4.78, 5) is 14.7. The second-order valence-corrected chi connectivity index (χ2v) is 6.09. The van der Waals surface area contributed by atoms with Crippen LogP contribution in [-0.4, -0.2) is 41.4 Å². The van der Waals surface area contributed by atoms with Gasteiger partial charge in [-0.3, -0.25) is 9.48 Å². The number of nitrogens with zero attached hydrogens (tertiary/aromatic N) is 3. The molecule has 2 aliphatic rings. The van der Waals surface area contributed by atoms with Crippen LogP contribution in [0.3, 0.4) is 0 Å². The molecule has 1 aromatic heterocycles. The van der Waals surface area contributed by atoms with Crippen molar-refractivity contribution in [3.63, 3.8) is 0 Å². The summed E-state index contributed by atoms with van der Waals surface area (Å²) in [6.07, 6.45) is 5.61. The molecular weight excluding hydrogens is 266 g/mol. The molecule has 0 aliphatic carbocycles. The number of aryl methyl sites for hydroxylation is 1. The van der Waals surface area contributed by atoms with Gasteiger partial charge < -0.3 is 15.5 Å². The van der Waals surface area contributed by atoms with Gasteiger partial charge in [-0.1, -0.05) is 6.42 Å². The molecule has 0 unspecified atom stereocenters. The number of anilines is 2. The smallest absolute Gasteiger partial charge is 0.241 e. The van der Waals surface area contributed by atoms with Gasteiger partial charge in [0.1, 0.15) is 5.69 Å². The van der Waals surface area contributed by atoms with Crippen LogP contribution in [0.15, 0.2) is 0 Å². The number of hydrogen-bond donors (Lipinski definition) is 2. The fraction of sp³-hybridized carbons (Fsp3) is 0.733. The van der Waals surface area contributed by atoms with Gasteiger partial charge >= 0.3 is 0 Å². The summed E-state index contributed by atoms with van der Waals surface area (Å²) >= 11 is 0. The maximum absolute atomic E-state index is 12.5. The average molecular weight is 291 g/mol. The van der Waals surface area contributed by atoms with Crippen molar-refractivity contribution in [3.05, 3.63) is 5.69 Å². The minimum atomic E-state index is -0.0650. The summed E-state index contributed by atoms with van der Waals surface area (Å²) in [7, 11) is 1.93. The van der Waals surface area contributed by atoms with E-state index in [0.717, 1.165) is 56.1 Å². The maximum Gasteiger partial charge on any atom is 0.241 e. The molecule has 1 amide bonds. The van der Waals surface area contributed by atoms with E-state index in [4.69, 9.17) is 0 Å². The quantitative estimate of drug-likeness (QED) is 0.884. The van der Waals surface area contributed by atoms with Gasteiger partial charge in [0, 0.05) is 20.1 Å². The third kappa shape index (κ3) is 2.90. The van der Waals surface area contributed by atoms with Crippen LogP contribution in [0.2, 0.25) is 0 Å². The fourth-order valence-electron chi connectivity index (χ4n) is 3.17. The molecule has 2 saturated heterocycles. The molecule has 116 valence electrons.